The molecule has 3 aliphatic heterocycles. The van der Waals surface area contributed by atoms with E-state index in [9.17, 15) is 5.11 Å². The lowest BCUT2D eigenvalue weighted by Crippen LogP contribution is -2.56. The SMILES string of the molecule is OC1(C2CCOC3(CCCCC3)C2)CC2CCC(C1)N2. The first kappa shape index (κ1) is 13.5. The van der Waals surface area contributed by atoms with Crippen LogP contribution in [0, 0.1) is 5.92 Å². The number of hydrogen-bond donors (Lipinski definition) is 2. The van der Waals surface area contributed by atoms with Crippen LogP contribution in [0.4, 0.5) is 0 Å². The molecule has 3 heteroatoms. The van der Waals surface area contributed by atoms with Gasteiger partial charge in [0.1, 0.15) is 0 Å². The predicted octanol–water partition coefficient (Wildman–Crippen LogP) is 2.76. The van der Waals surface area contributed by atoms with Crippen LogP contribution in [0.5, 0.6) is 0 Å². The van der Waals surface area contributed by atoms with Crippen molar-refractivity contribution in [1.29, 1.82) is 0 Å². The van der Waals surface area contributed by atoms with E-state index in [1.807, 2.05) is 0 Å². The molecular weight excluding hydrogens is 250 g/mol. The Bertz CT molecular complexity index is 346. The number of piperidine rings is 1. The number of hydrogen-bond acceptors (Lipinski definition) is 3. The van der Waals surface area contributed by atoms with Crippen LogP contribution in [-0.2, 0) is 4.74 Å². The van der Waals surface area contributed by atoms with Crippen LogP contribution in [0.15, 0.2) is 0 Å². The van der Waals surface area contributed by atoms with Crippen molar-refractivity contribution in [2.75, 3.05) is 6.61 Å². The first-order chi connectivity index (χ1) is 9.68. The first-order valence-corrected chi connectivity index (χ1v) is 8.80. The highest BCUT2D eigenvalue weighted by atomic mass is 16.5. The predicted molar refractivity (Wildman–Crippen MR) is 78.6 cm³/mol. The summed E-state index contributed by atoms with van der Waals surface area (Å²) in [5, 5.41) is 15.0. The Morgan fingerprint density at radius 1 is 0.900 bits per heavy atom. The molecule has 114 valence electrons. The van der Waals surface area contributed by atoms with Gasteiger partial charge in [0.05, 0.1) is 11.2 Å². The Kier molecular flexibility index (Phi) is 3.36. The average molecular weight is 279 g/mol. The molecule has 0 radical (unpaired) electrons. The third-order valence-electron chi connectivity index (χ3n) is 6.55. The molecule has 2 N–H and O–H groups in total. The molecule has 1 saturated carbocycles. The zero-order valence-electron chi connectivity index (χ0n) is 12.6. The van der Waals surface area contributed by atoms with Crippen molar-refractivity contribution < 1.29 is 9.84 Å². The average Bonchev–Trinajstić information content (AvgIpc) is 2.79. The molecule has 4 aliphatic rings. The maximum Gasteiger partial charge on any atom is 0.0707 e. The van der Waals surface area contributed by atoms with E-state index in [2.05, 4.69) is 5.32 Å². The van der Waals surface area contributed by atoms with Gasteiger partial charge in [0.15, 0.2) is 0 Å². The van der Waals surface area contributed by atoms with E-state index >= 15 is 0 Å². The molecule has 1 spiro atoms. The minimum absolute atomic E-state index is 0.126. The lowest BCUT2D eigenvalue weighted by Gasteiger charge is -2.50. The van der Waals surface area contributed by atoms with Crippen LogP contribution < -0.4 is 5.32 Å². The Morgan fingerprint density at radius 2 is 1.60 bits per heavy atom. The summed E-state index contributed by atoms with van der Waals surface area (Å²) < 4.78 is 6.22. The second-order valence-corrected chi connectivity index (χ2v) is 7.93. The van der Waals surface area contributed by atoms with Gasteiger partial charge < -0.3 is 15.2 Å². The largest absolute Gasteiger partial charge is 0.389 e. The van der Waals surface area contributed by atoms with Gasteiger partial charge in [-0.25, -0.2) is 0 Å². The van der Waals surface area contributed by atoms with Gasteiger partial charge in [-0.3, -0.25) is 0 Å². The second kappa shape index (κ2) is 4.96. The smallest absolute Gasteiger partial charge is 0.0707 e. The Hall–Kier alpha value is -0.120. The molecular formula is C17H29NO2. The van der Waals surface area contributed by atoms with Gasteiger partial charge in [0.2, 0.25) is 0 Å². The summed E-state index contributed by atoms with van der Waals surface area (Å²) in [7, 11) is 0. The summed E-state index contributed by atoms with van der Waals surface area (Å²) in [5.74, 6) is 0.472. The second-order valence-electron chi connectivity index (χ2n) is 7.93. The number of fused-ring (bicyclic) bond motifs is 2. The lowest BCUT2D eigenvalue weighted by molar-refractivity contribution is -0.165. The maximum atomic E-state index is 11.3. The fourth-order valence-corrected chi connectivity index (χ4v) is 5.53. The molecule has 3 heterocycles. The number of ether oxygens (including phenoxy) is 1. The van der Waals surface area contributed by atoms with Crippen molar-refractivity contribution in [3.63, 3.8) is 0 Å². The van der Waals surface area contributed by atoms with E-state index in [4.69, 9.17) is 4.74 Å². The fourth-order valence-electron chi connectivity index (χ4n) is 5.53. The lowest BCUT2D eigenvalue weighted by atomic mass is 9.67. The molecule has 20 heavy (non-hydrogen) atoms. The van der Waals surface area contributed by atoms with Crippen LogP contribution in [0.1, 0.15) is 70.6 Å². The summed E-state index contributed by atoms with van der Waals surface area (Å²) in [4.78, 5) is 0. The number of nitrogens with one attached hydrogen (secondary N) is 1. The van der Waals surface area contributed by atoms with E-state index in [1.165, 1.54) is 44.9 Å². The summed E-state index contributed by atoms with van der Waals surface area (Å²) in [6.45, 7) is 0.871. The van der Waals surface area contributed by atoms with Crippen molar-refractivity contribution in [2.45, 2.75) is 93.9 Å². The molecule has 3 saturated heterocycles. The molecule has 2 bridgehead atoms. The molecule has 3 nitrogen and oxygen atoms in total. The van der Waals surface area contributed by atoms with E-state index in [-0.39, 0.29) is 5.60 Å². The molecule has 1 aliphatic carbocycles. The van der Waals surface area contributed by atoms with Gasteiger partial charge in [-0.05, 0) is 57.3 Å². The molecule has 4 fully saturated rings. The van der Waals surface area contributed by atoms with Gasteiger partial charge in [0, 0.05) is 18.7 Å². The molecule has 3 unspecified atom stereocenters. The highest BCUT2D eigenvalue weighted by Crippen LogP contribution is 2.48. The summed E-state index contributed by atoms with van der Waals surface area (Å²) in [6, 6.07) is 1.15. The zero-order chi connectivity index (χ0) is 13.6. The summed E-state index contributed by atoms with van der Waals surface area (Å²) in [5.41, 5.74) is -0.286. The monoisotopic (exact) mass is 279 g/mol. The third kappa shape index (κ3) is 2.32. The van der Waals surface area contributed by atoms with Crippen molar-refractivity contribution in [2.24, 2.45) is 5.92 Å². The van der Waals surface area contributed by atoms with Gasteiger partial charge in [-0.1, -0.05) is 19.3 Å². The van der Waals surface area contributed by atoms with E-state index in [0.717, 1.165) is 32.3 Å². The van der Waals surface area contributed by atoms with Crippen molar-refractivity contribution in [1.82, 2.24) is 5.32 Å². The number of aliphatic hydroxyl groups is 1. The topological polar surface area (TPSA) is 41.5 Å². The Labute approximate surface area is 122 Å². The van der Waals surface area contributed by atoms with Crippen LogP contribution in [0.2, 0.25) is 0 Å². The number of rotatable bonds is 1. The molecule has 0 aromatic carbocycles. The summed E-state index contributed by atoms with van der Waals surface area (Å²) in [6.07, 6.45) is 13.1. The maximum absolute atomic E-state index is 11.3. The van der Waals surface area contributed by atoms with Crippen molar-refractivity contribution >= 4 is 0 Å². The molecule has 3 atom stereocenters. The highest BCUT2D eigenvalue weighted by molar-refractivity contribution is 5.05. The normalized spacial score (nSPS) is 47.5. The van der Waals surface area contributed by atoms with E-state index < -0.39 is 5.60 Å². The van der Waals surface area contributed by atoms with Gasteiger partial charge in [-0.2, -0.15) is 0 Å². The molecule has 0 aromatic heterocycles. The summed E-state index contributed by atoms with van der Waals surface area (Å²) >= 11 is 0. The third-order valence-corrected chi connectivity index (χ3v) is 6.55. The van der Waals surface area contributed by atoms with Gasteiger partial charge in [0.25, 0.3) is 0 Å². The zero-order valence-corrected chi connectivity index (χ0v) is 12.6. The van der Waals surface area contributed by atoms with E-state index in [1.54, 1.807) is 0 Å². The van der Waals surface area contributed by atoms with Crippen molar-refractivity contribution in [3.05, 3.63) is 0 Å². The Morgan fingerprint density at radius 3 is 2.30 bits per heavy atom. The molecule has 0 aromatic rings. The minimum Gasteiger partial charge on any atom is -0.389 e. The fraction of sp³-hybridized carbons (Fsp3) is 1.00. The van der Waals surface area contributed by atoms with Crippen molar-refractivity contribution in [3.8, 4) is 0 Å². The minimum atomic E-state index is -0.411. The van der Waals surface area contributed by atoms with E-state index in [0.29, 0.717) is 18.0 Å². The Balaban J connectivity index is 1.50. The first-order valence-electron chi connectivity index (χ1n) is 8.80. The quantitative estimate of drug-likeness (QED) is 0.775. The van der Waals surface area contributed by atoms with Gasteiger partial charge >= 0.3 is 0 Å². The van der Waals surface area contributed by atoms with Crippen LogP contribution >= 0.6 is 0 Å². The van der Waals surface area contributed by atoms with Crippen LogP contribution in [0.3, 0.4) is 0 Å². The standard InChI is InChI=1S/C17H29NO2/c19-17(11-14-4-5-15(12-17)18-14)13-6-9-20-16(10-13)7-2-1-3-8-16/h13-15,18-19H,1-12H2. The van der Waals surface area contributed by atoms with Crippen LogP contribution in [-0.4, -0.2) is 35.0 Å². The van der Waals surface area contributed by atoms with Crippen LogP contribution in [0.25, 0.3) is 0 Å². The highest BCUT2D eigenvalue weighted by Gasteiger charge is 2.51. The molecule has 0 amide bonds. The van der Waals surface area contributed by atoms with Gasteiger partial charge in [-0.15, -0.1) is 0 Å². The molecule has 4 rings (SSSR count).